The molecule has 2 aromatic rings. The second-order valence-electron chi connectivity index (χ2n) is 4.49. The topological polar surface area (TPSA) is 35.5 Å². The predicted octanol–water partition coefficient (Wildman–Crippen LogP) is 3.53. The van der Waals surface area contributed by atoms with Gasteiger partial charge in [-0.25, -0.2) is 0 Å². The summed E-state index contributed by atoms with van der Waals surface area (Å²) in [6, 6.07) is 15.3. The molecule has 3 nitrogen and oxygen atoms in total. The summed E-state index contributed by atoms with van der Waals surface area (Å²) in [5.41, 5.74) is 2.44. The van der Waals surface area contributed by atoms with Crippen LogP contribution in [0, 0.1) is 0 Å². The molecule has 2 rings (SSSR count). The van der Waals surface area contributed by atoms with Crippen molar-refractivity contribution in [3.8, 4) is 11.5 Å². The average Bonchev–Trinajstić information content (AvgIpc) is 2.56. The zero-order valence-corrected chi connectivity index (χ0v) is 12.2. The zero-order chi connectivity index (χ0) is 15.1. The van der Waals surface area contributed by atoms with Crippen molar-refractivity contribution in [1.29, 1.82) is 0 Å². The van der Waals surface area contributed by atoms with E-state index in [1.807, 2.05) is 54.6 Å². The van der Waals surface area contributed by atoms with Crippen LogP contribution in [0.3, 0.4) is 0 Å². The second-order valence-corrected chi connectivity index (χ2v) is 4.49. The molecule has 0 N–H and O–H groups in total. The Morgan fingerprint density at radius 2 is 1.57 bits per heavy atom. The molecular weight excluding hydrogens is 264 g/mol. The first-order chi connectivity index (χ1) is 10.3. The molecule has 3 heteroatoms. The zero-order valence-electron chi connectivity index (χ0n) is 12.2. The van der Waals surface area contributed by atoms with Gasteiger partial charge in [0, 0.05) is 11.1 Å². The van der Waals surface area contributed by atoms with Crippen molar-refractivity contribution >= 4 is 11.9 Å². The number of methoxy groups -OCH3 is 2. The van der Waals surface area contributed by atoms with Crippen molar-refractivity contribution in [1.82, 2.24) is 0 Å². The standard InChI is InChI=1S/C18H18O3/c1-20-17-9-5-3-7-14(17)11-12-15(13-19)16-8-4-6-10-18(16)21-2/h3-10,12-13H,11H2,1-2H3. The number of hydrogen-bond acceptors (Lipinski definition) is 3. The molecule has 2 aromatic carbocycles. The molecule has 0 amide bonds. The van der Waals surface area contributed by atoms with Crippen LogP contribution in [-0.2, 0) is 11.2 Å². The monoisotopic (exact) mass is 282 g/mol. The van der Waals surface area contributed by atoms with E-state index < -0.39 is 0 Å². The first-order valence-electron chi connectivity index (χ1n) is 6.70. The highest BCUT2D eigenvalue weighted by Crippen LogP contribution is 2.26. The number of rotatable bonds is 6. The van der Waals surface area contributed by atoms with Crippen molar-refractivity contribution in [3.63, 3.8) is 0 Å². The summed E-state index contributed by atoms with van der Waals surface area (Å²) in [7, 11) is 3.24. The third-order valence-corrected chi connectivity index (χ3v) is 3.28. The van der Waals surface area contributed by atoms with E-state index in [1.54, 1.807) is 14.2 Å². The summed E-state index contributed by atoms with van der Waals surface area (Å²) in [5.74, 6) is 1.51. The first kappa shape index (κ1) is 14.9. The van der Waals surface area contributed by atoms with Gasteiger partial charge in [0.25, 0.3) is 0 Å². The number of hydrogen-bond donors (Lipinski definition) is 0. The van der Waals surface area contributed by atoms with Crippen molar-refractivity contribution < 1.29 is 14.3 Å². The highest BCUT2D eigenvalue weighted by atomic mass is 16.5. The molecule has 0 radical (unpaired) electrons. The second kappa shape index (κ2) is 7.29. The van der Waals surface area contributed by atoms with Crippen molar-refractivity contribution in [2.45, 2.75) is 6.42 Å². The van der Waals surface area contributed by atoms with Gasteiger partial charge in [-0.1, -0.05) is 42.5 Å². The largest absolute Gasteiger partial charge is 0.496 e. The minimum absolute atomic E-state index is 0.610. The molecule has 108 valence electrons. The van der Waals surface area contributed by atoms with Gasteiger partial charge >= 0.3 is 0 Å². The number of ether oxygens (including phenoxy) is 2. The predicted molar refractivity (Wildman–Crippen MR) is 83.7 cm³/mol. The summed E-state index contributed by atoms with van der Waals surface area (Å²) in [5, 5.41) is 0. The van der Waals surface area contributed by atoms with Crippen molar-refractivity contribution in [2.24, 2.45) is 0 Å². The van der Waals surface area contributed by atoms with Crippen molar-refractivity contribution in [3.05, 3.63) is 65.7 Å². The van der Waals surface area contributed by atoms with E-state index in [-0.39, 0.29) is 0 Å². The molecule has 0 aliphatic carbocycles. The van der Waals surface area contributed by atoms with Gasteiger partial charge in [-0.15, -0.1) is 0 Å². The Morgan fingerprint density at radius 3 is 2.24 bits per heavy atom. The quantitative estimate of drug-likeness (QED) is 0.600. The Balaban J connectivity index is 2.31. The Hall–Kier alpha value is -2.55. The fourth-order valence-corrected chi connectivity index (χ4v) is 2.20. The van der Waals surface area contributed by atoms with Crippen LogP contribution in [0.4, 0.5) is 0 Å². The Labute approximate surface area is 124 Å². The van der Waals surface area contributed by atoms with Gasteiger partial charge < -0.3 is 9.47 Å². The number of carbonyl (C=O) groups is 1. The number of benzene rings is 2. The lowest BCUT2D eigenvalue weighted by Crippen LogP contribution is -1.95. The maximum absolute atomic E-state index is 11.4. The fraction of sp³-hybridized carbons (Fsp3) is 0.167. The van der Waals surface area contributed by atoms with E-state index in [0.29, 0.717) is 17.7 Å². The van der Waals surface area contributed by atoms with Crippen LogP contribution in [-0.4, -0.2) is 20.5 Å². The SMILES string of the molecule is COc1ccccc1CC=C(C=O)c1ccccc1OC. The summed E-state index contributed by atoms with van der Waals surface area (Å²) in [6.45, 7) is 0. The lowest BCUT2D eigenvalue weighted by Gasteiger charge is -2.09. The molecule has 21 heavy (non-hydrogen) atoms. The summed E-state index contributed by atoms with van der Waals surface area (Å²) in [6.07, 6.45) is 3.37. The van der Waals surface area contributed by atoms with Crippen LogP contribution in [0.25, 0.3) is 5.57 Å². The molecule has 0 heterocycles. The molecule has 0 fully saturated rings. The number of carbonyl (C=O) groups excluding carboxylic acids is 1. The fourth-order valence-electron chi connectivity index (χ4n) is 2.20. The van der Waals surface area contributed by atoms with Crippen LogP contribution in [0.5, 0.6) is 11.5 Å². The van der Waals surface area contributed by atoms with Gasteiger partial charge in [0.15, 0.2) is 0 Å². The summed E-state index contributed by atoms with van der Waals surface area (Å²) >= 11 is 0. The van der Waals surface area contributed by atoms with E-state index in [0.717, 1.165) is 23.2 Å². The van der Waals surface area contributed by atoms with Crippen LogP contribution in [0.2, 0.25) is 0 Å². The van der Waals surface area contributed by atoms with Gasteiger partial charge in [0.1, 0.15) is 17.8 Å². The van der Waals surface area contributed by atoms with E-state index >= 15 is 0 Å². The van der Waals surface area contributed by atoms with Gasteiger partial charge in [-0.3, -0.25) is 4.79 Å². The smallest absolute Gasteiger partial charge is 0.150 e. The Kier molecular flexibility index (Phi) is 5.16. The van der Waals surface area contributed by atoms with Gasteiger partial charge in [0.2, 0.25) is 0 Å². The molecule has 0 saturated carbocycles. The molecule has 0 unspecified atom stereocenters. The van der Waals surface area contributed by atoms with Gasteiger partial charge in [-0.05, 0) is 24.1 Å². The summed E-state index contributed by atoms with van der Waals surface area (Å²) < 4.78 is 10.6. The van der Waals surface area contributed by atoms with E-state index in [1.165, 1.54) is 0 Å². The van der Waals surface area contributed by atoms with Crippen LogP contribution in [0.1, 0.15) is 11.1 Å². The van der Waals surface area contributed by atoms with Crippen LogP contribution >= 0.6 is 0 Å². The minimum atomic E-state index is 0.610. The first-order valence-corrected chi connectivity index (χ1v) is 6.70. The highest BCUT2D eigenvalue weighted by molar-refractivity contribution is 6.08. The summed E-state index contributed by atoms with van der Waals surface area (Å²) in [4.78, 5) is 11.4. The molecule has 0 spiro atoms. The molecule has 0 aliphatic heterocycles. The molecule has 0 bridgehead atoms. The van der Waals surface area contributed by atoms with E-state index in [9.17, 15) is 4.79 Å². The van der Waals surface area contributed by atoms with Crippen LogP contribution < -0.4 is 9.47 Å². The molecule has 0 atom stereocenters. The number of allylic oxidation sites excluding steroid dienone is 2. The average molecular weight is 282 g/mol. The molecule has 0 aromatic heterocycles. The van der Waals surface area contributed by atoms with E-state index in [4.69, 9.17) is 9.47 Å². The maximum atomic E-state index is 11.4. The van der Waals surface area contributed by atoms with Crippen molar-refractivity contribution in [2.75, 3.05) is 14.2 Å². The Bertz CT molecular complexity index is 644. The number of aldehydes is 1. The van der Waals surface area contributed by atoms with Gasteiger partial charge in [0.05, 0.1) is 14.2 Å². The maximum Gasteiger partial charge on any atom is 0.150 e. The molecule has 0 aliphatic rings. The molecule has 0 saturated heterocycles. The normalized spacial score (nSPS) is 11.0. The molecular formula is C18H18O3. The van der Waals surface area contributed by atoms with Crippen LogP contribution in [0.15, 0.2) is 54.6 Å². The third kappa shape index (κ3) is 3.51. The third-order valence-electron chi connectivity index (χ3n) is 3.28. The highest BCUT2D eigenvalue weighted by Gasteiger charge is 2.07. The van der Waals surface area contributed by atoms with Gasteiger partial charge in [-0.2, -0.15) is 0 Å². The minimum Gasteiger partial charge on any atom is -0.496 e. The lowest BCUT2D eigenvalue weighted by molar-refractivity contribution is -0.103. The lowest BCUT2D eigenvalue weighted by atomic mass is 10.0. The Morgan fingerprint density at radius 1 is 0.952 bits per heavy atom. The van der Waals surface area contributed by atoms with E-state index in [2.05, 4.69) is 0 Å². The number of para-hydroxylation sites is 2.